The number of rotatable bonds is 4. The Hall–Kier alpha value is -2.83. The van der Waals surface area contributed by atoms with Crippen molar-refractivity contribution in [2.24, 2.45) is 9.98 Å². The summed E-state index contributed by atoms with van der Waals surface area (Å²) in [6, 6.07) is 8.08. The number of benzene rings is 1. The van der Waals surface area contributed by atoms with Crippen molar-refractivity contribution in [1.82, 2.24) is 14.7 Å². The van der Waals surface area contributed by atoms with Crippen molar-refractivity contribution in [2.75, 3.05) is 39.8 Å². The van der Waals surface area contributed by atoms with Crippen molar-refractivity contribution in [3.63, 3.8) is 0 Å². The Morgan fingerprint density at radius 3 is 2.78 bits per heavy atom. The maximum absolute atomic E-state index is 12.7. The molecule has 7 nitrogen and oxygen atoms in total. The number of piperazine rings is 1. The van der Waals surface area contributed by atoms with E-state index in [-0.39, 0.29) is 5.91 Å². The van der Waals surface area contributed by atoms with E-state index in [4.69, 9.17) is 4.74 Å². The number of amides is 1. The topological polar surface area (TPSA) is 60.7 Å². The lowest BCUT2D eigenvalue weighted by molar-refractivity contribution is -0.132. The monoisotopic (exact) mass is 367 g/mol. The van der Waals surface area contributed by atoms with Gasteiger partial charge in [-0.1, -0.05) is 18.2 Å². The number of hydrogen-bond acceptors (Lipinski definition) is 6. The second kappa shape index (κ2) is 7.42. The van der Waals surface area contributed by atoms with Crippen molar-refractivity contribution >= 4 is 18.1 Å². The largest absolute Gasteiger partial charge is 0.496 e. The molecule has 1 aromatic carbocycles. The van der Waals surface area contributed by atoms with Crippen molar-refractivity contribution < 1.29 is 9.53 Å². The van der Waals surface area contributed by atoms with Crippen LogP contribution in [0.4, 0.5) is 0 Å². The number of para-hydroxylation sites is 1. The number of fused-ring (bicyclic) bond motifs is 1. The number of hydrogen-bond donors (Lipinski definition) is 0. The lowest BCUT2D eigenvalue weighted by Gasteiger charge is -2.37. The van der Waals surface area contributed by atoms with Gasteiger partial charge in [0.05, 0.1) is 32.5 Å². The molecule has 3 aliphatic heterocycles. The van der Waals surface area contributed by atoms with Gasteiger partial charge in [0, 0.05) is 37.8 Å². The molecular formula is C20H25N5O2. The standard InChI is InChI=1S/C20H25N5O2/c1-15-13-21-19-12-18(22-14-25(15)19)23-7-9-24(10-8-23)20(26)11-16-5-3-4-6-17(16)27-2/h3-6,12,14-15H,7-11,13H2,1-2H3/t15-/m1/s1. The molecule has 1 fully saturated rings. The van der Waals surface area contributed by atoms with E-state index >= 15 is 0 Å². The molecule has 0 aliphatic carbocycles. The Bertz CT molecular complexity index is 808. The van der Waals surface area contributed by atoms with E-state index in [0.29, 0.717) is 25.6 Å². The number of carbonyl (C=O) groups is 1. The molecule has 1 atom stereocenters. The molecule has 0 spiro atoms. The van der Waals surface area contributed by atoms with E-state index < -0.39 is 0 Å². The minimum Gasteiger partial charge on any atom is -0.496 e. The van der Waals surface area contributed by atoms with E-state index in [0.717, 1.165) is 42.6 Å². The molecule has 0 unspecified atom stereocenters. The second-order valence-corrected chi connectivity index (χ2v) is 7.06. The number of ether oxygens (including phenoxy) is 1. The molecular weight excluding hydrogens is 342 g/mol. The number of carbonyl (C=O) groups excluding carboxylic acids is 1. The third-order valence-electron chi connectivity index (χ3n) is 5.32. The molecule has 4 rings (SSSR count). The smallest absolute Gasteiger partial charge is 0.227 e. The van der Waals surface area contributed by atoms with E-state index in [1.54, 1.807) is 7.11 Å². The van der Waals surface area contributed by atoms with Gasteiger partial charge in [-0.15, -0.1) is 0 Å². The van der Waals surface area contributed by atoms with Gasteiger partial charge in [0.1, 0.15) is 17.4 Å². The summed E-state index contributed by atoms with van der Waals surface area (Å²) in [6.07, 6.45) is 4.30. The third-order valence-corrected chi connectivity index (χ3v) is 5.32. The number of amidine groups is 1. The van der Waals surface area contributed by atoms with Gasteiger partial charge in [-0.3, -0.25) is 9.79 Å². The normalized spacial score (nSPS) is 21.7. The predicted molar refractivity (Wildman–Crippen MR) is 105 cm³/mol. The van der Waals surface area contributed by atoms with Crippen LogP contribution in [0.15, 0.2) is 46.1 Å². The highest BCUT2D eigenvalue weighted by atomic mass is 16.5. The van der Waals surface area contributed by atoms with E-state index in [9.17, 15) is 4.79 Å². The summed E-state index contributed by atoms with van der Waals surface area (Å²) in [7, 11) is 1.64. The molecule has 142 valence electrons. The highest BCUT2D eigenvalue weighted by Crippen LogP contribution is 2.21. The Morgan fingerprint density at radius 1 is 1.22 bits per heavy atom. The first kappa shape index (κ1) is 17.6. The van der Waals surface area contributed by atoms with Crippen molar-refractivity contribution in [2.45, 2.75) is 19.4 Å². The average Bonchev–Trinajstić information content (AvgIpc) is 3.09. The molecule has 0 radical (unpaired) electrons. The van der Waals surface area contributed by atoms with Crippen LogP contribution in [0.3, 0.4) is 0 Å². The third kappa shape index (κ3) is 3.54. The average molecular weight is 367 g/mol. The van der Waals surface area contributed by atoms with Crippen LogP contribution in [0, 0.1) is 0 Å². The van der Waals surface area contributed by atoms with Crippen LogP contribution >= 0.6 is 0 Å². The zero-order valence-electron chi connectivity index (χ0n) is 15.8. The summed E-state index contributed by atoms with van der Waals surface area (Å²) in [6.45, 7) is 5.93. The highest BCUT2D eigenvalue weighted by molar-refractivity contribution is 6.03. The van der Waals surface area contributed by atoms with Gasteiger partial charge in [0.2, 0.25) is 5.91 Å². The van der Waals surface area contributed by atoms with Gasteiger partial charge >= 0.3 is 0 Å². The first-order valence-electron chi connectivity index (χ1n) is 9.39. The zero-order valence-corrected chi connectivity index (χ0v) is 15.8. The van der Waals surface area contributed by atoms with Gasteiger partial charge in [-0.25, -0.2) is 4.99 Å². The number of aliphatic imine (C=N–C) groups is 2. The van der Waals surface area contributed by atoms with Crippen LogP contribution in [-0.2, 0) is 11.2 Å². The van der Waals surface area contributed by atoms with Gasteiger partial charge in [-0.2, -0.15) is 0 Å². The van der Waals surface area contributed by atoms with Crippen molar-refractivity contribution in [3.8, 4) is 5.75 Å². The quantitative estimate of drug-likeness (QED) is 0.806. The van der Waals surface area contributed by atoms with Gasteiger partial charge in [0.15, 0.2) is 0 Å². The van der Waals surface area contributed by atoms with Gasteiger partial charge in [0.25, 0.3) is 0 Å². The van der Waals surface area contributed by atoms with Crippen LogP contribution in [0.5, 0.6) is 5.75 Å². The summed E-state index contributed by atoms with van der Waals surface area (Å²) in [5, 5.41) is 0. The van der Waals surface area contributed by atoms with Crippen LogP contribution < -0.4 is 4.74 Å². The molecule has 27 heavy (non-hydrogen) atoms. The first-order chi connectivity index (χ1) is 13.2. The fraction of sp³-hybridized carbons (Fsp3) is 0.450. The van der Waals surface area contributed by atoms with Gasteiger partial charge < -0.3 is 19.4 Å². The highest BCUT2D eigenvalue weighted by Gasteiger charge is 2.28. The van der Waals surface area contributed by atoms with E-state index in [1.165, 1.54) is 0 Å². The molecule has 7 heteroatoms. The summed E-state index contributed by atoms with van der Waals surface area (Å²) < 4.78 is 5.35. The second-order valence-electron chi connectivity index (χ2n) is 7.06. The molecule has 0 aromatic heterocycles. The zero-order chi connectivity index (χ0) is 18.8. The summed E-state index contributed by atoms with van der Waals surface area (Å²) in [5.41, 5.74) is 0.931. The Balaban J connectivity index is 1.35. The van der Waals surface area contributed by atoms with Crippen molar-refractivity contribution in [3.05, 3.63) is 41.7 Å². The molecule has 0 N–H and O–H groups in total. The summed E-state index contributed by atoms with van der Waals surface area (Å²) >= 11 is 0. The predicted octanol–water partition coefficient (Wildman–Crippen LogP) is 1.37. The lowest BCUT2D eigenvalue weighted by atomic mass is 10.1. The Kier molecular flexibility index (Phi) is 4.83. The number of nitrogens with zero attached hydrogens (tertiary/aromatic N) is 5. The Morgan fingerprint density at radius 2 is 2.00 bits per heavy atom. The van der Waals surface area contributed by atoms with E-state index in [1.807, 2.05) is 35.5 Å². The Labute approximate surface area is 159 Å². The molecule has 1 aromatic rings. The minimum absolute atomic E-state index is 0.139. The molecule has 1 saturated heterocycles. The molecule has 3 heterocycles. The van der Waals surface area contributed by atoms with Crippen LogP contribution in [0.1, 0.15) is 12.5 Å². The molecule has 3 aliphatic rings. The fourth-order valence-corrected chi connectivity index (χ4v) is 3.67. The fourth-order valence-electron chi connectivity index (χ4n) is 3.67. The number of methoxy groups -OCH3 is 1. The minimum atomic E-state index is 0.139. The summed E-state index contributed by atoms with van der Waals surface area (Å²) in [5.74, 6) is 2.83. The van der Waals surface area contributed by atoms with Crippen LogP contribution in [-0.4, -0.2) is 78.7 Å². The summed E-state index contributed by atoms with van der Waals surface area (Å²) in [4.78, 5) is 28.1. The maximum Gasteiger partial charge on any atom is 0.227 e. The lowest BCUT2D eigenvalue weighted by Crippen LogP contribution is -2.49. The maximum atomic E-state index is 12.7. The molecule has 0 bridgehead atoms. The molecule has 0 saturated carbocycles. The van der Waals surface area contributed by atoms with Crippen LogP contribution in [0.2, 0.25) is 0 Å². The van der Waals surface area contributed by atoms with Gasteiger partial charge in [-0.05, 0) is 13.0 Å². The van der Waals surface area contributed by atoms with Crippen LogP contribution in [0.25, 0.3) is 0 Å². The molecule has 1 amide bonds. The first-order valence-corrected chi connectivity index (χ1v) is 9.39. The SMILES string of the molecule is COc1ccccc1CC(=O)N1CCN(C2=CC3=NC[C@@H](C)N3C=N2)CC1. The van der Waals surface area contributed by atoms with E-state index in [2.05, 4.69) is 32.8 Å². The van der Waals surface area contributed by atoms with Crippen molar-refractivity contribution in [1.29, 1.82) is 0 Å².